The van der Waals surface area contributed by atoms with Crippen molar-refractivity contribution < 1.29 is 4.79 Å². The van der Waals surface area contributed by atoms with Crippen LogP contribution in [0.4, 0.5) is 5.69 Å². The molecule has 0 aromatic heterocycles. The number of fused-ring (bicyclic) bond motifs is 1. The summed E-state index contributed by atoms with van der Waals surface area (Å²) in [6.07, 6.45) is 0.949. The van der Waals surface area contributed by atoms with Gasteiger partial charge in [0.2, 0.25) is 5.91 Å². The Bertz CT molecular complexity index is 419. The minimum Gasteiger partial charge on any atom is -0.310 e. The Labute approximate surface area is 100 Å². The summed E-state index contributed by atoms with van der Waals surface area (Å²) < 4.78 is 0. The van der Waals surface area contributed by atoms with E-state index in [-0.39, 0.29) is 11.9 Å². The third-order valence-corrected chi connectivity index (χ3v) is 3.08. The molecule has 1 aromatic carbocycles. The monoisotopic (exact) mass is 238 g/mol. The van der Waals surface area contributed by atoms with E-state index < -0.39 is 0 Å². The van der Waals surface area contributed by atoms with Crippen LogP contribution in [0, 0.1) is 0 Å². The van der Waals surface area contributed by atoms with E-state index in [0.717, 1.165) is 24.2 Å². The fraction of sp³-hybridized carbons (Fsp3) is 0.417. The maximum atomic E-state index is 12.1. The second-order valence-electron chi connectivity index (χ2n) is 3.91. The van der Waals surface area contributed by atoms with E-state index in [1.165, 1.54) is 0 Å². The van der Waals surface area contributed by atoms with E-state index in [0.29, 0.717) is 5.02 Å². The normalized spacial score (nSPS) is 19.1. The molecule has 0 fully saturated rings. The third-order valence-electron chi connectivity index (χ3n) is 2.84. The van der Waals surface area contributed by atoms with Crippen LogP contribution in [-0.2, 0) is 4.79 Å². The second kappa shape index (κ2) is 4.44. The summed E-state index contributed by atoms with van der Waals surface area (Å²) in [6, 6.07) is 5.36. The molecule has 0 bridgehead atoms. The molecular weight excluding hydrogens is 224 g/mol. The van der Waals surface area contributed by atoms with Crippen LogP contribution in [0.25, 0.3) is 0 Å². The number of amides is 1. The predicted molar refractivity (Wildman–Crippen MR) is 65.9 cm³/mol. The lowest BCUT2D eigenvalue weighted by molar-refractivity contribution is -0.119. The molecule has 1 amide bonds. The zero-order chi connectivity index (χ0) is 11.7. The molecule has 1 N–H and O–H groups in total. The van der Waals surface area contributed by atoms with Crippen molar-refractivity contribution in [1.29, 1.82) is 0 Å². The summed E-state index contributed by atoms with van der Waals surface area (Å²) >= 11 is 5.96. The maximum Gasteiger partial charge on any atom is 0.248 e. The molecule has 3 nitrogen and oxygen atoms in total. The van der Waals surface area contributed by atoms with Crippen molar-refractivity contribution in [3.05, 3.63) is 28.8 Å². The fourth-order valence-electron chi connectivity index (χ4n) is 2.14. The van der Waals surface area contributed by atoms with Crippen molar-refractivity contribution in [3.63, 3.8) is 0 Å². The Hall–Kier alpha value is -1.06. The number of nitrogens with zero attached hydrogens (tertiary/aromatic N) is 1. The zero-order valence-electron chi connectivity index (χ0n) is 9.46. The molecule has 1 aliphatic rings. The van der Waals surface area contributed by atoms with Gasteiger partial charge in [0.15, 0.2) is 0 Å². The summed E-state index contributed by atoms with van der Waals surface area (Å²) in [7, 11) is 1.79. The Morgan fingerprint density at radius 3 is 2.88 bits per heavy atom. The van der Waals surface area contributed by atoms with Crippen molar-refractivity contribution >= 4 is 23.2 Å². The molecule has 4 heteroatoms. The highest BCUT2D eigenvalue weighted by Gasteiger charge is 2.35. The fourth-order valence-corrected chi connectivity index (χ4v) is 2.32. The lowest BCUT2D eigenvalue weighted by Gasteiger charge is -2.16. The largest absolute Gasteiger partial charge is 0.310 e. The maximum absolute atomic E-state index is 12.1. The second-order valence-corrected chi connectivity index (χ2v) is 4.35. The van der Waals surface area contributed by atoms with E-state index in [2.05, 4.69) is 12.2 Å². The molecule has 0 saturated heterocycles. The van der Waals surface area contributed by atoms with Crippen molar-refractivity contribution in [1.82, 2.24) is 5.32 Å². The van der Waals surface area contributed by atoms with Crippen LogP contribution in [0.15, 0.2) is 18.2 Å². The number of hydrogen-bond acceptors (Lipinski definition) is 2. The molecule has 0 spiro atoms. The first-order valence-corrected chi connectivity index (χ1v) is 5.85. The number of hydrogen-bond donors (Lipinski definition) is 1. The van der Waals surface area contributed by atoms with Crippen LogP contribution in [0.2, 0.25) is 5.02 Å². The molecule has 1 unspecified atom stereocenters. The highest BCUT2D eigenvalue weighted by molar-refractivity contribution is 6.31. The molecule has 16 heavy (non-hydrogen) atoms. The Kier molecular flexibility index (Phi) is 3.17. The number of carbonyl (C=O) groups is 1. The molecular formula is C12H15ClN2O. The van der Waals surface area contributed by atoms with Gasteiger partial charge in [-0.15, -0.1) is 0 Å². The van der Waals surface area contributed by atoms with E-state index in [1.54, 1.807) is 7.05 Å². The van der Waals surface area contributed by atoms with Gasteiger partial charge in [-0.25, -0.2) is 0 Å². The van der Waals surface area contributed by atoms with E-state index in [4.69, 9.17) is 11.6 Å². The van der Waals surface area contributed by atoms with Gasteiger partial charge in [0.25, 0.3) is 0 Å². The van der Waals surface area contributed by atoms with Gasteiger partial charge in [0.1, 0.15) is 6.04 Å². The van der Waals surface area contributed by atoms with Crippen LogP contribution in [0.3, 0.4) is 0 Å². The van der Waals surface area contributed by atoms with Crippen LogP contribution < -0.4 is 10.2 Å². The number of rotatable bonds is 3. The molecule has 0 saturated carbocycles. The minimum atomic E-state index is -0.250. The number of halogens is 1. The quantitative estimate of drug-likeness (QED) is 0.877. The number of anilines is 1. The molecule has 1 heterocycles. The number of nitrogens with one attached hydrogen (secondary N) is 1. The first-order chi connectivity index (χ1) is 7.69. The number of benzene rings is 1. The SMILES string of the molecule is CCCN1C(=O)C(NC)c2cc(Cl)ccc21. The average molecular weight is 239 g/mol. The van der Waals surface area contributed by atoms with Crippen LogP contribution >= 0.6 is 11.6 Å². The number of likely N-dealkylation sites (N-methyl/N-ethyl adjacent to an activating group) is 1. The third kappa shape index (κ3) is 1.70. The summed E-state index contributed by atoms with van der Waals surface area (Å²) in [5.41, 5.74) is 1.96. The lowest BCUT2D eigenvalue weighted by atomic mass is 10.1. The first-order valence-electron chi connectivity index (χ1n) is 5.47. The van der Waals surface area contributed by atoms with Crippen molar-refractivity contribution in [3.8, 4) is 0 Å². The molecule has 86 valence electrons. The van der Waals surface area contributed by atoms with Crippen LogP contribution in [0.5, 0.6) is 0 Å². The van der Waals surface area contributed by atoms with Gasteiger partial charge < -0.3 is 10.2 Å². The Morgan fingerprint density at radius 2 is 2.25 bits per heavy atom. The molecule has 1 aromatic rings. The van der Waals surface area contributed by atoms with Gasteiger partial charge in [-0.1, -0.05) is 18.5 Å². The molecule has 1 atom stereocenters. The standard InChI is InChI=1S/C12H15ClN2O/c1-3-6-15-10-5-4-8(13)7-9(10)11(14-2)12(15)16/h4-5,7,11,14H,3,6H2,1-2H3. The van der Waals surface area contributed by atoms with E-state index in [9.17, 15) is 4.79 Å². The lowest BCUT2D eigenvalue weighted by Crippen LogP contribution is -2.33. The van der Waals surface area contributed by atoms with Crippen LogP contribution in [0.1, 0.15) is 24.9 Å². The smallest absolute Gasteiger partial charge is 0.248 e. The van der Waals surface area contributed by atoms with Gasteiger partial charge in [-0.2, -0.15) is 0 Å². The Balaban J connectivity index is 2.46. The van der Waals surface area contributed by atoms with Crippen molar-refractivity contribution in [2.45, 2.75) is 19.4 Å². The Morgan fingerprint density at radius 1 is 1.50 bits per heavy atom. The first kappa shape index (κ1) is 11.4. The highest BCUT2D eigenvalue weighted by Crippen LogP contribution is 2.37. The molecule has 2 rings (SSSR count). The van der Waals surface area contributed by atoms with Crippen LogP contribution in [-0.4, -0.2) is 19.5 Å². The van der Waals surface area contributed by atoms with Gasteiger partial charge >= 0.3 is 0 Å². The summed E-state index contributed by atoms with van der Waals surface area (Å²) in [5.74, 6) is 0.113. The van der Waals surface area contributed by atoms with Crippen molar-refractivity contribution in [2.24, 2.45) is 0 Å². The van der Waals surface area contributed by atoms with Gasteiger partial charge in [0.05, 0.1) is 0 Å². The summed E-state index contributed by atoms with van der Waals surface area (Å²) in [6.45, 7) is 2.82. The van der Waals surface area contributed by atoms with E-state index >= 15 is 0 Å². The van der Waals surface area contributed by atoms with Crippen molar-refractivity contribution in [2.75, 3.05) is 18.5 Å². The topological polar surface area (TPSA) is 32.3 Å². The van der Waals surface area contributed by atoms with Gasteiger partial charge in [0, 0.05) is 22.8 Å². The zero-order valence-corrected chi connectivity index (χ0v) is 10.2. The number of carbonyl (C=O) groups excluding carboxylic acids is 1. The molecule has 1 aliphatic heterocycles. The van der Waals surface area contributed by atoms with Gasteiger partial charge in [-0.3, -0.25) is 4.79 Å². The molecule has 0 aliphatic carbocycles. The molecule has 0 radical (unpaired) electrons. The minimum absolute atomic E-state index is 0.113. The van der Waals surface area contributed by atoms with Gasteiger partial charge in [-0.05, 0) is 31.7 Å². The predicted octanol–water partition coefficient (Wildman–Crippen LogP) is 2.36. The summed E-state index contributed by atoms with van der Waals surface area (Å²) in [5, 5.41) is 3.71. The summed E-state index contributed by atoms with van der Waals surface area (Å²) in [4.78, 5) is 13.9. The van der Waals surface area contributed by atoms with E-state index in [1.807, 2.05) is 23.1 Å². The highest BCUT2D eigenvalue weighted by atomic mass is 35.5. The average Bonchev–Trinajstić information content (AvgIpc) is 2.52.